The molecule has 3 rings (SSSR count). The molecule has 0 radical (unpaired) electrons. The molecule has 0 atom stereocenters. The van der Waals surface area contributed by atoms with Crippen molar-refractivity contribution in [3.05, 3.63) is 29.5 Å². The van der Waals surface area contributed by atoms with Crippen molar-refractivity contribution in [1.29, 1.82) is 0 Å². The van der Waals surface area contributed by atoms with Gasteiger partial charge in [-0.1, -0.05) is 17.0 Å². The zero-order valence-electron chi connectivity index (χ0n) is 11.6. The molecule has 2 aromatic rings. The van der Waals surface area contributed by atoms with Gasteiger partial charge in [-0.25, -0.2) is 0 Å². The zero-order valence-corrected chi connectivity index (χ0v) is 11.6. The van der Waals surface area contributed by atoms with Gasteiger partial charge in [0, 0.05) is 6.20 Å². The predicted molar refractivity (Wildman–Crippen MR) is 89.8 cm³/mol. The Balaban J connectivity index is 2.41. The molecule has 0 spiro atoms. The van der Waals surface area contributed by atoms with Gasteiger partial charge in [-0.15, -0.1) is 10.9 Å². The van der Waals surface area contributed by atoms with Crippen LogP contribution in [0.2, 0.25) is 0 Å². The lowest BCUT2D eigenvalue weighted by Crippen LogP contribution is -2.50. The summed E-state index contributed by atoms with van der Waals surface area (Å²) in [5.41, 5.74) is 11.3. The first-order chi connectivity index (χ1) is 8.61. The van der Waals surface area contributed by atoms with Gasteiger partial charge in [-0.3, -0.25) is 4.98 Å². The highest BCUT2D eigenvalue weighted by atomic mass is 14.7. The molecule has 1 aliphatic carbocycles. The molecule has 0 aliphatic heterocycles. The number of pyridine rings is 1. The molecule has 0 saturated carbocycles. The number of aromatic nitrogens is 1. The molecule has 0 fully saturated rings. The second-order valence-electron chi connectivity index (χ2n) is 5.36. The largest absolute Gasteiger partial charge is 0.256 e. The summed E-state index contributed by atoms with van der Waals surface area (Å²) in [4.78, 5) is 4.63. The lowest BCUT2D eigenvalue weighted by Gasteiger charge is -2.26. The van der Waals surface area contributed by atoms with E-state index in [0.29, 0.717) is 0 Å². The summed E-state index contributed by atoms with van der Waals surface area (Å²) in [5, 5.41) is 0. The number of hydrogen-bond acceptors (Lipinski definition) is 1. The van der Waals surface area contributed by atoms with Crippen LogP contribution < -0.4 is 21.9 Å². The molecule has 0 N–H and O–H groups in total. The van der Waals surface area contributed by atoms with Crippen molar-refractivity contribution >= 4 is 53.2 Å². The molecule has 5 heteroatoms. The third kappa shape index (κ3) is 1.50. The number of benzene rings is 1. The van der Waals surface area contributed by atoms with Gasteiger partial charge in [-0.05, 0) is 35.6 Å². The molecule has 0 saturated heterocycles. The number of rotatable bonds is 0. The standard InChI is InChI=1S/C13H15B4N/c14-9-7-4-3-6-2-1-5-18-13(6)8(7)10(15)12(17)11(9)16/h1-2,5H,3-4,14-17H2. The first-order valence-electron chi connectivity index (χ1n) is 6.64. The van der Waals surface area contributed by atoms with Gasteiger partial charge < -0.3 is 0 Å². The maximum absolute atomic E-state index is 4.63. The minimum absolute atomic E-state index is 1.12. The maximum atomic E-state index is 4.63. The molecule has 1 aromatic carbocycles. The minimum atomic E-state index is 1.12. The Hall–Kier alpha value is -1.37. The van der Waals surface area contributed by atoms with Crippen molar-refractivity contribution in [2.75, 3.05) is 0 Å². The third-order valence-electron chi connectivity index (χ3n) is 4.59. The fourth-order valence-electron chi connectivity index (χ4n) is 3.15. The fraction of sp³-hybridized carbons (Fsp3) is 0.154. The van der Waals surface area contributed by atoms with E-state index < -0.39 is 0 Å². The van der Waals surface area contributed by atoms with E-state index in [0.717, 1.165) is 12.8 Å². The SMILES string of the molecule is Bc1c(B)c(B)c2c(c1B)CCc1cccnc1-2. The van der Waals surface area contributed by atoms with Gasteiger partial charge >= 0.3 is 0 Å². The Labute approximate surface area is 112 Å². The van der Waals surface area contributed by atoms with Gasteiger partial charge in [-0.2, -0.15) is 0 Å². The Morgan fingerprint density at radius 2 is 1.61 bits per heavy atom. The summed E-state index contributed by atoms with van der Waals surface area (Å²) in [6.45, 7) is 0. The van der Waals surface area contributed by atoms with E-state index in [2.05, 4.69) is 42.4 Å². The van der Waals surface area contributed by atoms with Crippen molar-refractivity contribution in [1.82, 2.24) is 4.98 Å². The Bertz CT molecular complexity index is 652. The first kappa shape index (κ1) is 11.7. The smallest absolute Gasteiger partial charge is 0.139 e. The zero-order chi connectivity index (χ0) is 12.9. The van der Waals surface area contributed by atoms with Crippen LogP contribution in [0.5, 0.6) is 0 Å². The summed E-state index contributed by atoms with van der Waals surface area (Å²) in [6, 6.07) is 4.27. The van der Waals surface area contributed by atoms with Crippen LogP contribution in [-0.2, 0) is 12.8 Å². The number of aryl methyl sites for hydroxylation is 1. The highest BCUT2D eigenvalue weighted by molar-refractivity contribution is 6.64. The minimum Gasteiger partial charge on any atom is -0.256 e. The topological polar surface area (TPSA) is 12.9 Å². The molecule has 1 heterocycles. The van der Waals surface area contributed by atoms with E-state index in [-0.39, 0.29) is 0 Å². The van der Waals surface area contributed by atoms with Gasteiger partial charge in [0.25, 0.3) is 0 Å². The monoisotopic (exact) mass is 229 g/mol. The third-order valence-corrected chi connectivity index (χ3v) is 4.59. The fourth-order valence-corrected chi connectivity index (χ4v) is 3.15. The average molecular weight is 229 g/mol. The summed E-state index contributed by atoms with van der Waals surface area (Å²) in [5.74, 6) is 0. The second kappa shape index (κ2) is 4.08. The summed E-state index contributed by atoms with van der Waals surface area (Å²) >= 11 is 0. The van der Waals surface area contributed by atoms with E-state index in [1.165, 1.54) is 44.2 Å². The van der Waals surface area contributed by atoms with Crippen molar-refractivity contribution in [3.8, 4) is 11.3 Å². The summed E-state index contributed by atoms with van der Waals surface area (Å²) in [7, 11) is 8.97. The predicted octanol–water partition coefficient (Wildman–Crippen LogP) is -4.12. The Kier molecular flexibility index (Phi) is 2.65. The highest BCUT2D eigenvalue weighted by Crippen LogP contribution is 2.27. The van der Waals surface area contributed by atoms with Crippen LogP contribution in [0.3, 0.4) is 0 Å². The molecule has 84 valence electrons. The number of fused-ring (bicyclic) bond motifs is 3. The normalized spacial score (nSPS) is 12.9. The summed E-state index contributed by atoms with van der Waals surface area (Å²) in [6.07, 6.45) is 4.19. The molecule has 0 unspecified atom stereocenters. The van der Waals surface area contributed by atoms with Crippen molar-refractivity contribution in [3.63, 3.8) is 0 Å². The molecular weight excluding hydrogens is 213 g/mol. The Morgan fingerprint density at radius 1 is 0.889 bits per heavy atom. The van der Waals surface area contributed by atoms with E-state index in [4.69, 9.17) is 0 Å². The van der Waals surface area contributed by atoms with Crippen LogP contribution >= 0.6 is 0 Å². The lowest BCUT2D eigenvalue weighted by molar-refractivity contribution is 0.936. The number of hydrogen-bond donors (Lipinski definition) is 0. The quantitative estimate of drug-likeness (QED) is 0.418. The van der Waals surface area contributed by atoms with Gasteiger partial charge in [0.2, 0.25) is 0 Å². The van der Waals surface area contributed by atoms with E-state index in [1.807, 2.05) is 12.3 Å². The molecular formula is C13H15B4N. The second-order valence-corrected chi connectivity index (χ2v) is 5.36. The molecule has 1 aliphatic rings. The molecule has 0 amide bonds. The van der Waals surface area contributed by atoms with Crippen LogP contribution in [-0.4, -0.2) is 36.4 Å². The molecule has 0 bridgehead atoms. The van der Waals surface area contributed by atoms with Gasteiger partial charge in [0.1, 0.15) is 31.4 Å². The highest BCUT2D eigenvalue weighted by Gasteiger charge is 2.22. The van der Waals surface area contributed by atoms with E-state index >= 15 is 0 Å². The van der Waals surface area contributed by atoms with Crippen molar-refractivity contribution in [2.24, 2.45) is 0 Å². The number of nitrogens with zero attached hydrogens (tertiary/aromatic N) is 1. The van der Waals surface area contributed by atoms with Crippen LogP contribution in [0, 0.1) is 0 Å². The first-order valence-corrected chi connectivity index (χ1v) is 6.64. The molecule has 18 heavy (non-hydrogen) atoms. The van der Waals surface area contributed by atoms with Crippen molar-refractivity contribution in [2.45, 2.75) is 12.8 Å². The van der Waals surface area contributed by atoms with Crippen LogP contribution in [0.15, 0.2) is 18.3 Å². The molecule has 1 aromatic heterocycles. The summed E-state index contributed by atoms with van der Waals surface area (Å²) < 4.78 is 0. The van der Waals surface area contributed by atoms with Crippen LogP contribution in [0.25, 0.3) is 11.3 Å². The molecule has 1 nitrogen and oxygen atoms in total. The van der Waals surface area contributed by atoms with E-state index in [1.54, 1.807) is 0 Å². The maximum Gasteiger partial charge on any atom is 0.139 e. The van der Waals surface area contributed by atoms with Gasteiger partial charge in [0.05, 0.1) is 5.69 Å². The Morgan fingerprint density at radius 3 is 2.39 bits per heavy atom. The van der Waals surface area contributed by atoms with E-state index in [9.17, 15) is 0 Å². The lowest BCUT2D eigenvalue weighted by atomic mass is 9.61. The van der Waals surface area contributed by atoms with Crippen LogP contribution in [0.4, 0.5) is 0 Å². The van der Waals surface area contributed by atoms with Gasteiger partial charge in [0.15, 0.2) is 0 Å². The van der Waals surface area contributed by atoms with Crippen LogP contribution in [0.1, 0.15) is 11.1 Å². The average Bonchev–Trinajstić information content (AvgIpc) is 2.41. The van der Waals surface area contributed by atoms with Crippen molar-refractivity contribution < 1.29 is 0 Å².